The third kappa shape index (κ3) is 5.81. The van der Waals surface area contributed by atoms with Crippen molar-refractivity contribution < 1.29 is 9.90 Å². The van der Waals surface area contributed by atoms with Gasteiger partial charge in [-0.05, 0) is 64.6 Å². The van der Waals surface area contributed by atoms with Crippen molar-refractivity contribution >= 4 is 35.1 Å². The monoisotopic (exact) mass is 406 g/mol. The normalized spacial score (nSPS) is 11.7. The highest BCUT2D eigenvalue weighted by atomic mass is 35.5. The smallest absolute Gasteiger partial charge is 0.185 e. The van der Waals surface area contributed by atoms with Crippen LogP contribution in [0.4, 0.5) is 0 Å². The predicted octanol–water partition coefficient (Wildman–Crippen LogP) is 4.72. The van der Waals surface area contributed by atoms with Gasteiger partial charge in [0.1, 0.15) is 5.75 Å². The molecule has 2 aromatic carbocycles. The highest BCUT2D eigenvalue weighted by molar-refractivity contribution is 6.37. The summed E-state index contributed by atoms with van der Waals surface area (Å²) in [5, 5.41) is 11.5. The molecule has 0 radical (unpaired) electrons. The van der Waals surface area contributed by atoms with E-state index in [0.29, 0.717) is 45.4 Å². The second-order valence-electron chi connectivity index (χ2n) is 6.95. The van der Waals surface area contributed by atoms with Crippen LogP contribution in [0.1, 0.15) is 27.0 Å². The van der Waals surface area contributed by atoms with Gasteiger partial charge < -0.3 is 14.9 Å². The molecular formula is C21H24Cl2N2O2. The van der Waals surface area contributed by atoms with Crippen LogP contribution < -0.4 is 0 Å². The molecule has 0 heterocycles. The van der Waals surface area contributed by atoms with Crippen molar-refractivity contribution in [3.8, 4) is 5.75 Å². The molecule has 0 saturated heterocycles. The molecule has 0 aliphatic rings. The van der Waals surface area contributed by atoms with Gasteiger partial charge in [-0.1, -0.05) is 29.3 Å². The summed E-state index contributed by atoms with van der Waals surface area (Å²) in [6.45, 7) is 1.07. The summed E-state index contributed by atoms with van der Waals surface area (Å²) in [5.74, 6) is 0.0538. The summed E-state index contributed by atoms with van der Waals surface area (Å²) >= 11 is 12.3. The topological polar surface area (TPSA) is 43.8 Å². The number of rotatable bonds is 7. The largest absolute Gasteiger partial charge is 0.507 e. The molecule has 2 aromatic rings. The standard InChI is InChI=1S/C21H24Cl2N2O2/c1-24(2)12-15-10-14(11-16(21(15)27)13-25(3)4)20(26)9-8-17-18(22)6-5-7-19(17)23/h5-11,27H,12-13H2,1-4H3/b9-8+. The fourth-order valence-corrected chi connectivity index (χ4v) is 3.27. The van der Waals surface area contributed by atoms with Gasteiger partial charge in [0, 0.05) is 45.4 Å². The number of aromatic hydroxyl groups is 1. The lowest BCUT2D eigenvalue weighted by Crippen LogP contribution is -2.15. The molecule has 0 unspecified atom stereocenters. The average Bonchev–Trinajstić information content (AvgIpc) is 2.56. The van der Waals surface area contributed by atoms with Crippen LogP contribution in [-0.2, 0) is 13.1 Å². The summed E-state index contributed by atoms with van der Waals surface area (Å²) in [4.78, 5) is 16.6. The van der Waals surface area contributed by atoms with E-state index in [1.165, 1.54) is 6.08 Å². The number of ketones is 1. The van der Waals surface area contributed by atoms with Crippen molar-refractivity contribution in [2.75, 3.05) is 28.2 Å². The Morgan fingerprint density at radius 3 is 1.93 bits per heavy atom. The summed E-state index contributed by atoms with van der Waals surface area (Å²) in [7, 11) is 7.66. The van der Waals surface area contributed by atoms with Crippen molar-refractivity contribution in [1.29, 1.82) is 0 Å². The summed E-state index contributed by atoms with van der Waals surface area (Å²) in [6.07, 6.45) is 3.08. The van der Waals surface area contributed by atoms with Gasteiger partial charge in [0.15, 0.2) is 5.78 Å². The molecule has 0 aliphatic carbocycles. The Bertz CT molecular complexity index is 810. The summed E-state index contributed by atoms with van der Waals surface area (Å²) in [6, 6.07) is 8.67. The maximum Gasteiger partial charge on any atom is 0.185 e. The predicted molar refractivity (Wildman–Crippen MR) is 113 cm³/mol. The minimum absolute atomic E-state index is 0.175. The molecule has 0 spiro atoms. The highest BCUT2D eigenvalue weighted by Gasteiger charge is 2.15. The quantitative estimate of drug-likeness (QED) is 0.533. The van der Waals surface area contributed by atoms with Gasteiger partial charge in [0.25, 0.3) is 0 Å². The van der Waals surface area contributed by atoms with E-state index in [9.17, 15) is 9.90 Å². The Kier molecular flexibility index (Phi) is 7.45. The lowest BCUT2D eigenvalue weighted by atomic mass is 10.00. The molecule has 4 nitrogen and oxygen atoms in total. The average molecular weight is 407 g/mol. The van der Waals surface area contributed by atoms with Crippen LogP contribution in [0.5, 0.6) is 5.75 Å². The second-order valence-corrected chi connectivity index (χ2v) is 7.77. The van der Waals surface area contributed by atoms with Crippen LogP contribution in [0.15, 0.2) is 36.4 Å². The van der Waals surface area contributed by atoms with Gasteiger partial charge in [-0.25, -0.2) is 0 Å². The first kappa shape index (κ1) is 21.5. The van der Waals surface area contributed by atoms with Crippen LogP contribution >= 0.6 is 23.2 Å². The van der Waals surface area contributed by atoms with E-state index in [-0.39, 0.29) is 11.5 Å². The first-order valence-corrected chi connectivity index (χ1v) is 9.25. The molecule has 6 heteroatoms. The molecule has 0 aliphatic heterocycles. The number of nitrogens with zero attached hydrogens (tertiary/aromatic N) is 2. The van der Waals surface area contributed by atoms with Gasteiger partial charge >= 0.3 is 0 Å². The summed E-state index contributed by atoms with van der Waals surface area (Å²) in [5.41, 5.74) is 2.55. The van der Waals surface area contributed by atoms with E-state index in [2.05, 4.69) is 0 Å². The molecule has 0 aromatic heterocycles. The van der Waals surface area contributed by atoms with Crippen molar-refractivity contribution in [3.05, 3.63) is 68.7 Å². The lowest BCUT2D eigenvalue weighted by Gasteiger charge is -2.17. The summed E-state index contributed by atoms with van der Waals surface area (Å²) < 4.78 is 0. The zero-order valence-electron chi connectivity index (χ0n) is 16.0. The molecule has 1 N–H and O–H groups in total. The molecule has 144 valence electrons. The molecule has 27 heavy (non-hydrogen) atoms. The number of halogens is 2. The fourth-order valence-electron chi connectivity index (χ4n) is 2.75. The van der Waals surface area contributed by atoms with Crippen LogP contribution in [0, 0.1) is 0 Å². The molecule has 0 fully saturated rings. The van der Waals surface area contributed by atoms with E-state index >= 15 is 0 Å². The number of carbonyl (C=O) groups is 1. The fraction of sp³-hybridized carbons (Fsp3) is 0.286. The lowest BCUT2D eigenvalue weighted by molar-refractivity contribution is 0.104. The maximum atomic E-state index is 12.7. The molecule has 0 bridgehead atoms. The maximum absolute atomic E-state index is 12.7. The van der Waals surface area contributed by atoms with Gasteiger partial charge in [-0.15, -0.1) is 0 Å². The van der Waals surface area contributed by atoms with Crippen molar-refractivity contribution in [2.45, 2.75) is 13.1 Å². The van der Waals surface area contributed by atoms with E-state index in [4.69, 9.17) is 23.2 Å². The molecular weight excluding hydrogens is 383 g/mol. The van der Waals surface area contributed by atoms with Crippen LogP contribution in [-0.4, -0.2) is 48.9 Å². The second kappa shape index (κ2) is 9.38. The van der Waals surface area contributed by atoms with Crippen LogP contribution in [0.25, 0.3) is 6.08 Å². The molecule has 0 saturated carbocycles. The van der Waals surface area contributed by atoms with E-state index in [1.807, 2.05) is 38.0 Å². The number of phenols is 1. The zero-order chi connectivity index (χ0) is 20.1. The number of phenolic OH excluding ortho intramolecular Hbond substituents is 1. The van der Waals surface area contributed by atoms with Crippen molar-refractivity contribution in [3.63, 3.8) is 0 Å². The molecule has 2 rings (SSSR count). The van der Waals surface area contributed by atoms with Gasteiger partial charge in [0.2, 0.25) is 0 Å². The number of carbonyl (C=O) groups excluding carboxylic acids is 1. The van der Waals surface area contributed by atoms with E-state index in [0.717, 1.165) is 0 Å². The van der Waals surface area contributed by atoms with Crippen LogP contribution in [0.3, 0.4) is 0 Å². The van der Waals surface area contributed by atoms with Gasteiger partial charge in [0.05, 0.1) is 0 Å². The minimum atomic E-state index is -0.175. The molecule has 0 atom stereocenters. The number of benzene rings is 2. The number of hydrogen-bond donors (Lipinski definition) is 1. The van der Waals surface area contributed by atoms with E-state index in [1.54, 1.807) is 36.4 Å². The van der Waals surface area contributed by atoms with Crippen molar-refractivity contribution in [2.24, 2.45) is 0 Å². The number of allylic oxidation sites excluding steroid dienone is 1. The Morgan fingerprint density at radius 2 is 1.48 bits per heavy atom. The first-order chi connectivity index (χ1) is 12.7. The molecule has 0 amide bonds. The van der Waals surface area contributed by atoms with Crippen LogP contribution in [0.2, 0.25) is 10.0 Å². The third-order valence-electron chi connectivity index (χ3n) is 3.93. The van der Waals surface area contributed by atoms with Gasteiger partial charge in [-0.3, -0.25) is 4.79 Å². The first-order valence-electron chi connectivity index (χ1n) is 8.49. The Labute approximate surface area is 170 Å². The SMILES string of the molecule is CN(C)Cc1cc(C(=O)/C=C/c2c(Cl)cccc2Cl)cc(CN(C)C)c1O. The van der Waals surface area contributed by atoms with Gasteiger partial charge in [-0.2, -0.15) is 0 Å². The third-order valence-corrected chi connectivity index (χ3v) is 4.59. The minimum Gasteiger partial charge on any atom is -0.507 e. The zero-order valence-corrected chi connectivity index (χ0v) is 17.5. The number of hydrogen-bond acceptors (Lipinski definition) is 4. The van der Waals surface area contributed by atoms with Crippen molar-refractivity contribution in [1.82, 2.24) is 9.80 Å². The Morgan fingerprint density at radius 1 is 1.00 bits per heavy atom. The Balaban J connectivity index is 2.40. The highest BCUT2D eigenvalue weighted by Crippen LogP contribution is 2.28. The van der Waals surface area contributed by atoms with E-state index < -0.39 is 0 Å². The Hall–Kier alpha value is -1.85.